The zero-order valence-corrected chi connectivity index (χ0v) is 16.6. The lowest BCUT2D eigenvalue weighted by Gasteiger charge is -2.14. The van der Waals surface area contributed by atoms with Crippen molar-refractivity contribution >= 4 is 40.6 Å². The second-order valence-electron chi connectivity index (χ2n) is 5.95. The van der Waals surface area contributed by atoms with Gasteiger partial charge in [-0.15, -0.1) is 6.42 Å². The Hall–Kier alpha value is -2.62. The molecule has 5 nitrogen and oxygen atoms in total. The zero-order chi connectivity index (χ0) is 19.7. The van der Waals surface area contributed by atoms with Crippen LogP contribution in [-0.4, -0.2) is 34.3 Å². The molecule has 1 fully saturated rings. The van der Waals surface area contributed by atoms with Crippen LogP contribution in [0.5, 0.6) is 5.75 Å². The topological polar surface area (TPSA) is 51.5 Å². The molecule has 0 aliphatic carbocycles. The van der Waals surface area contributed by atoms with Crippen LogP contribution < -0.4 is 4.74 Å². The van der Waals surface area contributed by atoms with Gasteiger partial charge in [0, 0.05) is 16.4 Å². The van der Waals surface area contributed by atoms with E-state index in [0.717, 1.165) is 39.3 Å². The van der Waals surface area contributed by atoms with Crippen molar-refractivity contribution in [2.45, 2.75) is 13.8 Å². The Labute approximate surface area is 166 Å². The number of benzene rings is 1. The molecule has 1 aromatic carbocycles. The molecule has 0 unspecified atom stereocenters. The smallest absolute Gasteiger partial charge is 0.294 e. The van der Waals surface area contributed by atoms with E-state index in [1.165, 1.54) is 0 Å². The number of carbonyl (C=O) groups is 2. The van der Waals surface area contributed by atoms with E-state index in [-0.39, 0.29) is 17.7 Å². The molecule has 0 radical (unpaired) electrons. The number of thioether (sulfide) groups is 1. The Morgan fingerprint density at radius 1 is 1.30 bits per heavy atom. The van der Waals surface area contributed by atoms with Crippen molar-refractivity contribution in [1.29, 1.82) is 0 Å². The summed E-state index contributed by atoms with van der Waals surface area (Å²) in [5, 5.41) is 0.241. The van der Waals surface area contributed by atoms with Gasteiger partial charge in [0.1, 0.15) is 5.75 Å². The zero-order valence-electron chi connectivity index (χ0n) is 15.1. The molecule has 1 saturated heterocycles. The fraction of sp³-hybridized carbons (Fsp3) is 0.200. The monoisotopic (exact) mass is 400 g/mol. The predicted molar refractivity (Wildman–Crippen MR) is 108 cm³/mol. The minimum Gasteiger partial charge on any atom is -0.495 e. The Morgan fingerprint density at radius 3 is 2.70 bits per heavy atom. The van der Waals surface area contributed by atoms with Gasteiger partial charge < -0.3 is 9.30 Å². The first-order valence-electron chi connectivity index (χ1n) is 8.09. The molecule has 0 spiro atoms. The summed E-state index contributed by atoms with van der Waals surface area (Å²) in [6.07, 6.45) is 6.95. The lowest BCUT2D eigenvalue weighted by atomic mass is 10.2. The van der Waals surface area contributed by atoms with Gasteiger partial charge >= 0.3 is 0 Å². The average Bonchev–Trinajstić information content (AvgIpc) is 3.05. The molecule has 7 heteroatoms. The third-order valence-electron chi connectivity index (χ3n) is 4.26. The van der Waals surface area contributed by atoms with Crippen LogP contribution in [-0.2, 0) is 4.79 Å². The van der Waals surface area contributed by atoms with E-state index in [4.69, 9.17) is 22.8 Å². The lowest BCUT2D eigenvalue weighted by molar-refractivity contribution is -0.122. The maximum absolute atomic E-state index is 12.4. The van der Waals surface area contributed by atoms with Crippen molar-refractivity contribution in [3.63, 3.8) is 0 Å². The highest BCUT2D eigenvalue weighted by Gasteiger charge is 2.34. The number of ether oxygens (including phenoxy) is 1. The summed E-state index contributed by atoms with van der Waals surface area (Å²) in [6, 6.07) is 7.34. The van der Waals surface area contributed by atoms with E-state index in [1.807, 2.05) is 30.5 Å². The number of terminal acetylenes is 1. The first-order chi connectivity index (χ1) is 12.9. The Bertz CT molecular complexity index is 1020. The minimum absolute atomic E-state index is 0.0270. The van der Waals surface area contributed by atoms with E-state index in [2.05, 4.69) is 5.92 Å². The largest absolute Gasteiger partial charge is 0.495 e. The van der Waals surface area contributed by atoms with E-state index < -0.39 is 0 Å². The standard InChI is InChI=1S/C20H17ClN2O3S/c1-5-8-22-19(24)18(27-20(22)25)10-14-9-12(2)23(13(14)3)16-11-15(21)6-7-17(16)26-4/h1,6-7,9-11H,8H2,2-4H3/b18-10-. The summed E-state index contributed by atoms with van der Waals surface area (Å²) in [7, 11) is 1.60. The van der Waals surface area contributed by atoms with E-state index in [9.17, 15) is 9.59 Å². The fourth-order valence-electron chi connectivity index (χ4n) is 3.01. The lowest BCUT2D eigenvalue weighted by Crippen LogP contribution is -2.28. The maximum atomic E-state index is 12.4. The molecule has 0 N–H and O–H groups in total. The highest BCUT2D eigenvalue weighted by atomic mass is 35.5. The Morgan fingerprint density at radius 2 is 2.04 bits per heavy atom. The molecular weight excluding hydrogens is 384 g/mol. The molecule has 2 heterocycles. The van der Waals surface area contributed by atoms with Crippen molar-refractivity contribution in [2.75, 3.05) is 13.7 Å². The minimum atomic E-state index is -0.368. The number of hydrogen-bond donors (Lipinski definition) is 0. The van der Waals surface area contributed by atoms with Crippen molar-refractivity contribution in [3.05, 3.63) is 51.1 Å². The number of halogens is 1. The third-order valence-corrected chi connectivity index (χ3v) is 5.40. The molecule has 1 aliphatic heterocycles. The normalized spacial score (nSPS) is 15.5. The first-order valence-corrected chi connectivity index (χ1v) is 9.28. The number of aromatic nitrogens is 1. The molecule has 2 amide bonds. The molecule has 27 heavy (non-hydrogen) atoms. The summed E-state index contributed by atoms with van der Waals surface area (Å²) in [5.74, 6) is 2.65. The molecule has 138 valence electrons. The van der Waals surface area contributed by atoms with Gasteiger partial charge in [-0.1, -0.05) is 17.5 Å². The van der Waals surface area contributed by atoms with Crippen molar-refractivity contribution in [3.8, 4) is 23.8 Å². The molecule has 1 aliphatic rings. The molecule has 0 saturated carbocycles. The van der Waals surface area contributed by atoms with Crippen LogP contribution in [0.25, 0.3) is 11.8 Å². The van der Waals surface area contributed by atoms with E-state index in [0.29, 0.717) is 15.7 Å². The van der Waals surface area contributed by atoms with E-state index in [1.54, 1.807) is 25.3 Å². The van der Waals surface area contributed by atoms with Gasteiger partial charge in [0.15, 0.2) is 0 Å². The van der Waals surface area contributed by atoms with Crippen LogP contribution in [0.4, 0.5) is 4.79 Å². The Balaban J connectivity index is 2.06. The van der Waals surface area contributed by atoms with Gasteiger partial charge in [-0.2, -0.15) is 0 Å². The van der Waals surface area contributed by atoms with Crippen molar-refractivity contribution in [2.24, 2.45) is 0 Å². The quantitative estimate of drug-likeness (QED) is 0.563. The molecule has 0 atom stereocenters. The molecule has 2 aromatic rings. The van der Waals surface area contributed by atoms with Crippen LogP contribution in [0.3, 0.4) is 0 Å². The van der Waals surface area contributed by atoms with Crippen LogP contribution in [0.1, 0.15) is 17.0 Å². The number of amides is 2. The van der Waals surface area contributed by atoms with Gasteiger partial charge in [0.2, 0.25) is 0 Å². The maximum Gasteiger partial charge on any atom is 0.294 e. The van der Waals surface area contributed by atoms with Gasteiger partial charge in [-0.05, 0) is 61.5 Å². The fourth-order valence-corrected chi connectivity index (χ4v) is 4.01. The van der Waals surface area contributed by atoms with Gasteiger partial charge in [-0.3, -0.25) is 14.5 Å². The SMILES string of the molecule is C#CCN1C(=O)S/C(=C\c2cc(C)n(-c3cc(Cl)ccc3OC)c2C)C1=O. The van der Waals surface area contributed by atoms with Crippen molar-refractivity contribution < 1.29 is 14.3 Å². The predicted octanol–water partition coefficient (Wildman–Crippen LogP) is 4.43. The summed E-state index contributed by atoms with van der Waals surface area (Å²) < 4.78 is 7.46. The number of nitrogens with zero attached hydrogens (tertiary/aromatic N) is 2. The second-order valence-corrected chi connectivity index (χ2v) is 7.38. The number of carbonyl (C=O) groups excluding carboxylic acids is 2. The van der Waals surface area contributed by atoms with Gasteiger partial charge in [0.05, 0.1) is 24.2 Å². The van der Waals surface area contributed by atoms with Crippen LogP contribution in [0.15, 0.2) is 29.2 Å². The molecule has 0 bridgehead atoms. The number of rotatable bonds is 4. The van der Waals surface area contributed by atoms with E-state index >= 15 is 0 Å². The highest BCUT2D eigenvalue weighted by molar-refractivity contribution is 8.18. The first kappa shape index (κ1) is 19.2. The Kier molecular flexibility index (Phi) is 5.36. The van der Waals surface area contributed by atoms with Crippen LogP contribution in [0, 0.1) is 26.2 Å². The summed E-state index contributed by atoms with van der Waals surface area (Å²) in [6.45, 7) is 3.86. The number of hydrogen-bond acceptors (Lipinski definition) is 4. The second kappa shape index (κ2) is 7.55. The van der Waals surface area contributed by atoms with Crippen molar-refractivity contribution in [1.82, 2.24) is 9.47 Å². The highest BCUT2D eigenvalue weighted by Crippen LogP contribution is 2.35. The summed E-state index contributed by atoms with van der Waals surface area (Å²) in [4.78, 5) is 25.8. The average molecular weight is 401 g/mol. The molecule has 3 rings (SSSR count). The van der Waals surface area contributed by atoms with Gasteiger partial charge in [-0.25, -0.2) is 0 Å². The number of imide groups is 1. The third kappa shape index (κ3) is 3.48. The van der Waals surface area contributed by atoms with Gasteiger partial charge in [0.25, 0.3) is 11.1 Å². The molecular formula is C20H17ClN2O3S. The van der Waals surface area contributed by atoms with Crippen LogP contribution in [0.2, 0.25) is 5.02 Å². The summed E-state index contributed by atoms with van der Waals surface area (Å²) >= 11 is 7.06. The summed E-state index contributed by atoms with van der Waals surface area (Å²) in [5.41, 5.74) is 3.49. The molecule has 1 aromatic heterocycles. The van der Waals surface area contributed by atoms with Crippen LogP contribution >= 0.6 is 23.4 Å². The number of aryl methyl sites for hydroxylation is 1. The number of methoxy groups -OCH3 is 1.